The number of nitrogens with zero attached hydrogens (tertiary/aromatic N) is 2. The highest BCUT2D eigenvalue weighted by molar-refractivity contribution is 7.18. The smallest absolute Gasteiger partial charge is 0.261 e. The van der Waals surface area contributed by atoms with Gasteiger partial charge in [0.1, 0.15) is 0 Å². The van der Waals surface area contributed by atoms with Gasteiger partial charge in [-0.1, -0.05) is 30.5 Å². The van der Waals surface area contributed by atoms with Crippen molar-refractivity contribution in [1.29, 1.82) is 0 Å². The first-order chi connectivity index (χ1) is 18.9. The molecule has 4 rings (SSSR count). The summed E-state index contributed by atoms with van der Waals surface area (Å²) < 4.78 is 7.64. The van der Waals surface area contributed by atoms with E-state index in [0.29, 0.717) is 35.1 Å². The SMILES string of the molecule is COCc1cc(N2C[C@H](CNC(=O)c3ccc(Cl)s3)CC2=O)ccc1-n1cccc(CCCCCCO)c1=O. The van der Waals surface area contributed by atoms with Crippen LogP contribution >= 0.6 is 22.9 Å². The summed E-state index contributed by atoms with van der Waals surface area (Å²) in [6, 6.07) is 12.7. The molecule has 8 nitrogen and oxygen atoms in total. The van der Waals surface area contributed by atoms with E-state index in [2.05, 4.69) is 5.32 Å². The molecular formula is C29H34ClN3O5S. The number of methoxy groups -OCH3 is 1. The maximum Gasteiger partial charge on any atom is 0.261 e. The minimum Gasteiger partial charge on any atom is -0.396 e. The lowest BCUT2D eigenvalue weighted by molar-refractivity contribution is -0.117. The van der Waals surface area contributed by atoms with Crippen LogP contribution in [0.3, 0.4) is 0 Å². The fraction of sp³-hybridized carbons (Fsp3) is 0.414. The number of unbranched alkanes of at least 4 members (excludes halogenated alkanes) is 3. The summed E-state index contributed by atoms with van der Waals surface area (Å²) in [6.07, 6.45) is 6.37. The number of hydrogen-bond donors (Lipinski definition) is 2. The van der Waals surface area contributed by atoms with Crippen LogP contribution in [-0.2, 0) is 22.6 Å². The van der Waals surface area contributed by atoms with Gasteiger partial charge in [-0.15, -0.1) is 11.3 Å². The first kappa shape index (κ1) is 29.0. The van der Waals surface area contributed by atoms with E-state index in [4.69, 9.17) is 21.4 Å². The lowest BCUT2D eigenvalue weighted by atomic mass is 10.1. The summed E-state index contributed by atoms with van der Waals surface area (Å²) in [5.74, 6) is -0.216. The average molecular weight is 572 g/mol. The Kier molecular flexibility index (Phi) is 10.3. The number of hydrogen-bond acceptors (Lipinski definition) is 6. The summed E-state index contributed by atoms with van der Waals surface area (Å²) in [6.45, 7) is 1.36. The largest absolute Gasteiger partial charge is 0.396 e. The zero-order valence-corrected chi connectivity index (χ0v) is 23.6. The van der Waals surface area contributed by atoms with Gasteiger partial charge >= 0.3 is 0 Å². The number of carbonyl (C=O) groups is 2. The number of benzene rings is 1. The molecule has 0 saturated carbocycles. The van der Waals surface area contributed by atoms with Crippen LogP contribution in [-0.4, -0.2) is 48.3 Å². The second-order valence-corrected chi connectivity index (χ2v) is 11.4. The molecule has 3 aromatic rings. The van der Waals surface area contributed by atoms with Gasteiger partial charge in [-0.05, 0) is 55.7 Å². The highest BCUT2D eigenvalue weighted by Crippen LogP contribution is 2.29. The van der Waals surface area contributed by atoms with Gasteiger partial charge in [0.25, 0.3) is 11.5 Å². The van der Waals surface area contributed by atoms with Crippen LogP contribution in [0.1, 0.15) is 52.9 Å². The molecule has 3 heterocycles. The highest BCUT2D eigenvalue weighted by atomic mass is 35.5. The first-order valence-corrected chi connectivity index (χ1v) is 14.4. The van der Waals surface area contributed by atoms with Gasteiger partial charge in [-0.3, -0.25) is 19.0 Å². The number of pyridine rings is 1. The molecule has 2 amide bonds. The molecule has 10 heteroatoms. The van der Waals surface area contributed by atoms with Crippen LogP contribution < -0.4 is 15.8 Å². The minimum atomic E-state index is -0.192. The zero-order chi connectivity index (χ0) is 27.8. The van der Waals surface area contributed by atoms with Crippen LogP contribution in [0.4, 0.5) is 5.69 Å². The number of carbonyl (C=O) groups excluding carboxylic acids is 2. The Bertz CT molecular complexity index is 1350. The molecule has 1 aliphatic rings. The second-order valence-electron chi connectivity index (χ2n) is 9.73. The molecule has 1 atom stereocenters. The van der Waals surface area contributed by atoms with Crippen molar-refractivity contribution in [2.45, 2.75) is 45.1 Å². The van der Waals surface area contributed by atoms with Gasteiger partial charge in [0.15, 0.2) is 0 Å². The molecule has 2 aromatic heterocycles. The molecule has 1 fully saturated rings. The molecule has 1 saturated heterocycles. The average Bonchev–Trinajstić information content (AvgIpc) is 3.53. The molecule has 0 bridgehead atoms. The Morgan fingerprint density at radius 1 is 1.13 bits per heavy atom. The number of amides is 2. The Morgan fingerprint density at radius 3 is 2.69 bits per heavy atom. The third kappa shape index (κ3) is 7.36. The quantitative estimate of drug-likeness (QED) is 0.293. The van der Waals surface area contributed by atoms with Crippen molar-refractivity contribution in [2.75, 3.05) is 31.7 Å². The van der Waals surface area contributed by atoms with Gasteiger partial charge in [0, 0.05) is 62.2 Å². The van der Waals surface area contributed by atoms with Crippen molar-refractivity contribution in [3.63, 3.8) is 0 Å². The van der Waals surface area contributed by atoms with Gasteiger partial charge in [-0.2, -0.15) is 0 Å². The van der Waals surface area contributed by atoms with Crippen molar-refractivity contribution in [1.82, 2.24) is 9.88 Å². The number of aryl methyl sites for hydroxylation is 1. The summed E-state index contributed by atoms with van der Waals surface area (Å²) in [5, 5.41) is 11.9. The van der Waals surface area contributed by atoms with Gasteiger partial charge in [0.05, 0.1) is 21.5 Å². The van der Waals surface area contributed by atoms with E-state index in [9.17, 15) is 14.4 Å². The maximum atomic E-state index is 13.3. The molecule has 0 radical (unpaired) electrons. The molecule has 2 N–H and O–H groups in total. The third-order valence-electron chi connectivity index (χ3n) is 6.87. The number of aromatic nitrogens is 1. The number of nitrogens with one attached hydrogen (secondary N) is 1. The number of thiophene rings is 1. The van der Waals surface area contributed by atoms with Gasteiger partial charge in [-0.25, -0.2) is 0 Å². The molecular weight excluding hydrogens is 538 g/mol. The van der Waals surface area contributed by atoms with E-state index in [0.717, 1.165) is 48.2 Å². The van der Waals surface area contributed by atoms with E-state index in [1.807, 2.05) is 30.3 Å². The number of rotatable bonds is 13. The summed E-state index contributed by atoms with van der Waals surface area (Å²) >= 11 is 7.15. The number of halogens is 1. The maximum absolute atomic E-state index is 13.3. The lowest BCUT2D eigenvalue weighted by Crippen LogP contribution is -2.31. The topological polar surface area (TPSA) is 101 Å². The summed E-state index contributed by atoms with van der Waals surface area (Å²) in [5.41, 5.74) is 2.94. The molecule has 208 valence electrons. The Balaban J connectivity index is 1.46. The van der Waals surface area contributed by atoms with Crippen LogP contribution in [0.15, 0.2) is 53.5 Å². The van der Waals surface area contributed by atoms with Gasteiger partial charge < -0.3 is 20.1 Å². The van der Waals surface area contributed by atoms with Crippen LogP contribution in [0.25, 0.3) is 5.69 Å². The molecule has 0 aliphatic carbocycles. The van der Waals surface area contributed by atoms with E-state index in [1.165, 1.54) is 11.3 Å². The predicted molar refractivity (Wildman–Crippen MR) is 154 cm³/mol. The van der Waals surface area contributed by atoms with Crippen LogP contribution in [0.5, 0.6) is 0 Å². The van der Waals surface area contributed by atoms with Crippen molar-refractivity contribution in [3.05, 3.63) is 79.4 Å². The number of anilines is 1. The van der Waals surface area contributed by atoms with Crippen molar-refractivity contribution in [2.24, 2.45) is 5.92 Å². The molecule has 1 aromatic carbocycles. The third-order valence-corrected chi connectivity index (χ3v) is 8.10. The molecule has 0 unspecified atom stereocenters. The Morgan fingerprint density at radius 2 is 1.95 bits per heavy atom. The van der Waals surface area contributed by atoms with E-state index < -0.39 is 0 Å². The fourth-order valence-corrected chi connectivity index (χ4v) is 5.83. The normalized spacial score (nSPS) is 15.2. The Hall–Kier alpha value is -2.98. The highest BCUT2D eigenvalue weighted by Gasteiger charge is 2.31. The standard InChI is InChI=1S/C29H34ClN3O5S/c1-38-19-22-16-23(33-18-20(15-27(33)35)17-31-28(36)25-11-12-26(30)39-25)9-10-24(22)32-13-6-8-21(29(32)37)7-4-2-3-5-14-34/h6,8-13,16,20,34H,2-5,7,14-15,17-19H2,1H3,(H,31,36)/t20-/m0/s1. The van der Waals surface area contributed by atoms with Crippen molar-refractivity contribution >= 4 is 40.4 Å². The van der Waals surface area contributed by atoms with Crippen molar-refractivity contribution in [3.8, 4) is 5.69 Å². The van der Waals surface area contributed by atoms with Crippen LogP contribution in [0, 0.1) is 5.92 Å². The minimum absolute atomic E-state index is 0.00936. The van der Waals surface area contributed by atoms with Gasteiger partial charge in [0.2, 0.25) is 5.91 Å². The first-order valence-electron chi connectivity index (χ1n) is 13.2. The van der Waals surface area contributed by atoms with E-state index in [-0.39, 0.29) is 36.5 Å². The fourth-order valence-electron chi connectivity index (χ4n) is 4.87. The number of aliphatic hydroxyl groups is 1. The predicted octanol–water partition coefficient (Wildman–Crippen LogP) is 4.58. The summed E-state index contributed by atoms with van der Waals surface area (Å²) in [4.78, 5) is 40.8. The summed E-state index contributed by atoms with van der Waals surface area (Å²) in [7, 11) is 1.60. The number of aliphatic hydroxyl groups excluding tert-OH is 1. The number of ether oxygens (including phenoxy) is 1. The molecule has 0 spiro atoms. The molecule has 1 aliphatic heterocycles. The van der Waals surface area contributed by atoms with E-state index >= 15 is 0 Å². The second kappa shape index (κ2) is 13.9. The van der Waals surface area contributed by atoms with Crippen LogP contribution in [0.2, 0.25) is 4.34 Å². The molecule has 39 heavy (non-hydrogen) atoms. The Labute approximate surface area is 237 Å². The monoisotopic (exact) mass is 571 g/mol. The lowest BCUT2D eigenvalue weighted by Gasteiger charge is -2.20. The van der Waals surface area contributed by atoms with E-state index in [1.54, 1.807) is 34.9 Å². The zero-order valence-electron chi connectivity index (χ0n) is 22.0. The van der Waals surface area contributed by atoms with Crippen molar-refractivity contribution < 1.29 is 19.4 Å².